The van der Waals surface area contributed by atoms with Crippen molar-refractivity contribution >= 4 is 51.1 Å². The van der Waals surface area contributed by atoms with Gasteiger partial charge in [0.2, 0.25) is 0 Å². The van der Waals surface area contributed by atoms with Crippen LogP contribution < -0.4 is 0 Å². The minimum absolute atomic E-state index is 0. The van der Waals surface area contributed by atoms with Gasteiger partial charge in [-0.1, -0.05) is 297 Å². The Balaban J connectivity index is -0.00000155. The summed E-state index contributed by atoms with van der Waals surface area (Å²) in [5.41, 5.74) is 19.5. The van der Waals surface area contributed by atoms with Crippen molar-refractivity contribution in [1.82, 2.24) is 9.97 Å². The molecule has 4 aliphatic carbocycles. The zero-order valence-corrected chi connectivity index (χ0v) is 98.1. The van der Waals surface area contributed by atoms with Crippen LogP contribution in [-0.4, -0.2) is 15.7 Å². The molecule has 0 spiro atoms. The number of halogens is 4. The summed E-state index contributed by atoms with van der Waals surface area (Å²) < 4.78 is 0. The minimum Gasteiger partial charge on any atom is 4.00 e. The molecule has 720 valence electrons. The van der Waals surface area contributed by atoms with Crippen molar-refractivity contribution in [2.45, 2.75) is 221 Å². The van der Waals surface area contributed by atoms with Crippen LogP contribution in [0, 0.1) is 101 Å². The van der Waals surface area contributed by atoms with Crippen LogP contribution in [0.5, 0.6) is 0 Å². The summed E-state index contributed by atoms with van der Waals surface area (Å²) in [5, 5.41) is 5.87. The third-order valence-corrected chi connectivity index (χ3v) is 22.6. The summed E-state index contributed by atoms with van der Waals surface area (Å²) in [7, 11) is 19.7. The maximum absolute atomic E-state index is 5.87. The summed E-state index contributed by atoms with van der Waals surface area (Å²) in [6.45, 7) is 54.0. The van der Waals surface area contributed by atoms with Gasteiger partial charge in [0.25, 0.3) is 0 Å². The molecule has 16 rings (SSSR count). The largest absolute Gasteiger partial charge is 4.00 e. The molecule has 0 N–H and O–H groups in total. The smallest absolute Gasteiger partial charge is 4.00 e. The van der Waals surface area contributed by atoms with Gasteiger partial charge in [0.05, 0.1) is 17.1 Å². The molecule has 0 aliphatic heterocycles. The van der Waals surface area contributed by atoms with Gasteiger partial charge in [-0.15, -0.1) is 90.6 Å². The standard InChI is InChI=1S/C34H43N2.C27H38N2.7C7H7.C5H10.C5H8.4CH3.4ClH.4Zr/c1-25(2)29-19-14-20-30(26(3)4)32(29)36-34(31-21-12-13-22-35-31,23-27-15-8-7-9-16-27)24-33(5,6)28-17-10-11-18-28;1-19(2)22-14-11-15-23(20(3)4)26(22)29-25(24-16-9-10-17-28-24)18-27(5,6)21-12-7-8-13-21;7*1-7-5-3-2-4-6-7;2*1-2-4-5-3-1;;;;;;;;;;;;/h7-10,12-17,19-22,25-26,28H,11,18,23-24H2,1-6H3;9-11,14-17,19-21H,7-8,12-13,18H2,1-6H3;7*2-6H,1H2;1-5H2;1-2H,3-5H2;4*1H3;4*1H;;;;/q-1;;7*-1;;;4*-1;;;;;4*+4/p-4/t28-,34?;;;;;;;;;;;;;;;;;;;;;;/m1....................../s1. The van der Waals surface area contributed by atoms with Crippen LogP contribution in [0.4, 0.5) is 11.4 Å². The molecule has 12 heteroatoms. The number of nitrogens with zero attached hydrogens (tertiary/aromatic N) is 4. The zero-order chi connectivity index (χ0) is 95.1. The molecule has 2 saturated carbocycles. The van der Waals surface area contributed by atoms with E-state index in [0.717, 1.165) is 81.2 Å². The van der Waals surface area contributed by atoms with E-state index in [4.69, 9.17) is 54.3 Å². The van der Waals surface area contributed by atoms with Crippen LogP contribution in [0.2, 0.25) is 0 Å². The minimum atomic E-state index is -0.826. The Labute approximate surface area is 908 Å². The molecule has 0 bridgehead atoms. The van der Waals surface area contributed by atoms with Crippen molar-refractivity contribution in [2.24, 2.45) is 27.7 Å². The maximum Gasteiger partial charge on any atom is 4.00 e. The van der Waals surface area contributed by atoms with Crippen molar-refractivity contribution < 1.29 is 94.1 Å². The number of hydrogen-bond acceptors (Lipinski definition) is 3. The third-order valence-electron chi connectivity index (χ3n) is 22.6. The molecular formula is C124H160Cl4N4Zr4. The number of aliphatic imine (C=N–C) groups is 1. The molecule has 0 amide bonds. The Hall–Kier alpha value is -6.77. The number of para-hydroxylation sites is 2. The molecule has 4 aliphatic rings. The SMILES string of the molecule is C1=CCCC1.C1CCCC1.CC(C)c1cccc(C(C)C)c1N=C(CC(C)(C)C1CCCC1)c1ccccn1.CC(C)c1cccc(C(C)C)c1[N-]C(Cc1ccccc1)(CC(C)(C)[C@@H]1C=CCC1)c1ccccn1.[CH2-]c1ccccc1.[CH2-]c1ccccc1.[CH2-]c1ccccc1.[CH2-]c1ccccc1.[CH2-]c1ccccc1.[CH2-]c1ccccc1.[CH2-]c1ccccc1.[CH3-].[CH3-].[CH3-].[CH3-].[Cl][Zr+2][Cl].[Cl][Zr+2][Cl].[Zr+4].[Zr+4]. The monoisotopic (exact) mass is 2200 g/mol. The van der Waals surface area contributed by atoms with Gasteiger partial charge in [0.15, 0.2) is 0 Å². The molecule has 0 radical (unpaired) electrons. The number of rotatable bonds is 17. The summed E-state index contributed by atoms with van der Waals surface area (Å²) in [6, 6.07) is 106. The van der Waals surface area contributed by atoms with Gasteiger partial charge in [-0.05, 0) is 145 Å². The number of hydrogen-bond donors (Lipinski definition) is 0. The Morgan fingerprint density at radius 1 is 0.360 bits per heavy atom. The van der Waals surface area contributed by atoms with Gasteiger partial charge >= 0.3 is 128 Å². The molecule has 136 heavy (non-hydrogen) atoms. The molecule has 2 heterocycles. The first kappa shape index (κ1) is 133. The van der Waals surface area contributed by atoms with Crippen molar-refractivity contribution in [1.29, 1.82) is 0 Å². The van der Waals surface area contributed by atoms with E-state index < -0.39 is 47.2 Å². The molecule has 0 saturated heterocycles. The van der Waals surface area contributed by atoms with Crippen molar-refractivity contribution in [3.63, 3.8) is 0 Å². The quantitative estimate of drug-likeness (QED) is 0.0518. The molecule has 10 aromatic carbocycles. The van der Waals surface area contributed by atoms with Crippen LogP contribution in [0.1, 0.15) is 288 Å². The first-order valence-corrected chi connectivity index (χ1v) is 59.0. The van der Waals surface area contributed by atoms with Gasteiger partial charge in [-0.2, -0.15) is 172 Å². The molecule has 2 aromatic heterocycles. The summed E-state index contributed by atoms with van der Waals surface area (Å²) in [6.07, 6.45) is 35.2. The van der Waals surface area contributed by atoms with Crippen LogP contribution in [0.25, 0.3) is 5.32 Å². The molecule has 1 unspecified atom stereocenters. The van der Waals surface area contributed by atoms with E-state index in [1.54, 1.807) is 0 Å². The fourth-order valence-electron chi connectivity index (χ4n) is 15.6. The average molecular weight is 2210 g/mol. The summed E-state index contributed by atoms with van der Waals surface area (Å²) in [5.74, 6) is 3.01. The Morgan fingerprint density at radius 2 is 0.669 bits per heavy atom. The van der Waals surface area contributed by atoms with E-state index in [2.05, 4.69) is 247 Å². The van der Waals surface area contributed by atoms with Gasteiger partial charge in [-0.25, -0.2) is 0 Å². The molecular weight excluding hydrogens is 2050 g/mol. The van der Waals surface area contributed by atoms with Crippen molar-refractivity contribution in [2.75, 3.05) is 0 Å². The van der Waals surface area contributed by atoms with Gasteiger partial charge in [0, 0.05) is 18.1 Å². The van der Waals surface area contributed by atoms with Crippen LogP contribution in [0.3, 0.4) is 0 Å². The molecule has 4 nitrogen and oxygen atoms in total. The van der Waals surface area contributed by atoms with E-state index in [9.17, 15) is 0 Å². The Bertz CT molecular complexity index is 4430. The van der Waals surface area contributed by atoms with E-state index in [0.29, 0.717) is 29.6 Å². The van der Waals surface area contributed by atoms with Crippen LogP contribution in [-0.2, 0) is 106 Å². The second-order valence-corrected chi connectivity index (χ2v) is 43.1. The van der Waals surface area contributed by atoms with Crippen molar-refractivity contribution in [3.8, 4) is 0 Å². The van der Waals surface area contributed by atoms with Gasteiger partial charge in [-0.3, -0.25) is 15.0 Å². The van der Waals surface area contributed by atoms with E-state index in [1.807, 2.05) is 237 Å². The van der Waals surface area contributed by atoms with Crippen LogP contribution >= 0.6 is 34.1 Å². The predicted octanol–water partition coefficient (Wildman–Crippen LogP) is 39.2. The van der Waals surface area contributed by atoms with Gasteiger partial charge in [0.1, 0.15) is 0 Å². The molecule has 2 atom stereocenters. The fraction of sp³-hybridized carbons (Fsp3) is 0.306. The Morgan fingerprint density at radius 3 is 0.934 bits per heavy atom. The van der Waals surface area contributed by atoms with E-state index in [1.165, 1.54) is 129 Å². The van der Waals surface area contributed by atoms with E-state index >= 15 is 0 Å². The summed E-state index contributed by atoms with van der Waals surface area (Å²) >= 11 is -1.65. The second kappa shape index (κ2) is 79.9. The molecule has 2 fully saturated rings. The Kier molecular flexibility index (Phi) is 78.3. The number of pyridine rings is 2. The maximum atomic E-state index is 5.87. The number of allylic oxidation sites excluding steroid dienone is 4. The van der Waals surface area contributed by atoms with Crippen LogP contribution in [0.15, 0.2) is 357 Å². The zero-order valence-electron chi connectivity index (χ0n) is 85.2. The predicted molar refractivity (Wildman–Crippen MR) is 591 cm³/mol. The van der Waals surface area contributed by atoms with E-state index in [-0.39, 0.29) is 92.9 Å². The van der Waals surface area contributed by atoms with Gasteiger partial charge < -0.3 is 35.0 Å². The average Bonchev–Trinajstić information content (AvgIpc) is 1.26. The first-order valence-electron chi connectivity index (χ1n) is 46.4. The molecule has 12 aromatic rings. The number of aromatic nitrogens is 2. The second-order valence-electron chi connectivity index (χ2n) is 35.6. The normalized spacial score (nSPS) is 13.0. The third kappa shape index (κ3) is 57.2. The first-order chi connectivity index (χ1) is 62.6. The van der Waals surface area contributed by atoms with Crippen molar-refractivity contribution in [3.05, 3.63) is 514 Å². The topological polar surface area (TPSA) is 52.2 Å². The number of benzene rings is 10. The summed E-state index contributed by atoms with van der Waals surface area (Å²) in [4.78, 5) is 15.1. The fourth-order valence-corrected chi connectivity index (χ4v) is 15.6.